The molecule has 24 heavy (non-hydrogen) atoms. The minimum absolute atomic E-state index is 0.0262. The first-order valence-electron chi connectivity index (χ1n) is 8.17. The number of aryl methyl sites for hydroxylation is 2. The van der Waals surface area contributed by atoms with Crippen molar-refractivity contribution in [1.29, 1.82) is 0 Å². The van der Waals surface area contributed by atoms with Gasteiger partial charge in [0.2, 0.25) is 5.91 Å². The monoisotopic (exact) mass is 329 g/mol. The number of carbonyl (C=O) groups excluding carboxylic acids is 2. The molecule has 0 aliphatic carbocycles. The number of carbonyl (C=O) groups is 2. The van der Waals surface area contributed by atoms with Crippen molar-refractivity contribution in [2.45, 2.75) is 19.9 Å². The molecule has 0 bridgehead atoms. The molecule has 2 atom stereocenters. The zero-order valence-electron chi connectivity index (χ0n) is 14.1. The molecule has 2 fully saturated rings. The van der Waals surface area contributed by atoms with E-state index in [1.54, 1.807) is 4.90 Å². The number of urea groups is 1. The average Bonchev–Trinajstić information content (AvgIpc) is 2.56. The zero-order chi connectivity index (χ0) is 17.3. The van der Waals surface area contributed by atoms with Gasteiger partial charge in [0.15, 0.2) is 0 Å². The Morgan fingerprint density at radius 3 is 2.71 bits per heavy atom. The van der Waals surface area contributed by atoms with Gasteiger partial charge in [-0.1, -0.05) is 30.3 Å². The van der Waals surface area contributed by atoms with Crippen LogP contribution in [0.3, 0.4) is 0 Å². The number of morpholine rings is 1. The fourth-order valence-electron chi connectivity index (χ4n) is 3.31. The van der Waals surface area contributed by atoms with Crippen molar-refractivity contribution in [3.8, 4) is 0 Å². The molecule has 2 aliphatic rings. The molecule has 6 heteroatoms. The number of amides is 3. The summed E-state index contributed by atoms with van der Waals surface area (Å²) in [6, 6.07) is 5.32. The number of hydrogen-bond acceptors (Lipinski definition) is 3. The highest BCUT2D eigenvalue weighted by molar-refractivity contribution is 5.88. The van der Waals surface area contributed by atoms with Crippen LogP contribution in [0.15, 0.2) is 30.5 Å². The summed E-state index contributed by atoms with van der Waals surface area (Å²) >= 11 is 0. The van der Waals surface area contributed by atoms with Crippen LogP contribution in [-0.4, -0.2) is 43.1 Å². The Balaban J connectivity index is 1.96. The van der Waals surface area contributed by atoms with Crippen LogP contribution in [0.1, 0.15) is 22.7 Å². The van der Waals surface area contributed by atoms with Gasteiger partial charge in [-0.05, 0) is 25.0 Å². The molecule has 2 aliphatic heterocycles. The highest BCUT2D eigenvalue weighted by atomic mass is 16.5. The van der Waals surface area contributed by atoms with E-state index < -0.39 is 12.0 Å². The molecule has 2 N–H and O–H groups in total. The van der Waals surface area contributed by atoms with E-state index in [4.69, 9.17) is 4.74 Å². The summed E-state index contributed by atoms with van der Waals surface area (Å²) in [7, 11) is 0. The highest BCUT2D eigenvalue weighted by Gasteiger charge is 2.40. The second kappa shape index (κ2) is 6.65. The molecule has 0 unspecified atom stereocenters. The van der Waals surface area contributed by atoms with Crippen LogP contribution in [0.4, 0.5) is 4.79 Å². The van der Waals surface area contributed by atoms with Crippen LogP contribution >= 0.6 is 0 Å². The fraction of sp³-hybridized carbons (Fsp3) is 0.444. The first kappa shape index (κ1) is 16.5. The topological polar surface area (TPSA) is 70.7 Å². The molecule has 0 spiro atoms. The van der Waals surface area contributed by atoms with Crippen molar-refractivity contribution in [3.63, 3.8) is 0 Å². The summed E-state index contributed by atoms with van der Waals surface area (Å²) in [4.78, 5) is 26.8. The lowest BCUT2D eigenvalue weighted by Gasteiger charge is -2.38. The summed E-state index contributed by atoms with van der Waals surface area (Å²) < 4.78 is 5.33. The Bertz CT molecular complexity index is 680. The van der Waals surface area contributed by atoms with Crippen LogP contribution in [0.5, 0.6) is 0 Å². The van der Waals surface area contributed by atoms with E-state index in [-0.39, 0.29) is 11.9 Å². The van der Waals surface area contributed by atoms with Gasteiger partial charge in [-0.3, -0.25) is 4.79 Å². The number of nitrogens with zero attached hydrogens (tertiary/aromatic N) is 1. The van der Waals surface area contributed by atoms with Gasteiger partial charge in [0, 0.05) is 18.8 Å². The average molecular weight is 329 g/mol. The molecule has 1 aromatic carbocycles. The molecule has 3 amide bonds. The predicted octanol–water partition coefficient (Wildman–Crippen LogP) is 1.65. The molecule has 0 radical (unpaired) electrons. The molecule has 3 rings (SSSR count). The van der Waals surface area contributed by atoms with Gasteiger partial charge in [-0.25, -0.2) is 4.79 Å². The molecule has 1 aromatic rings. The summed E-state index contributed by atoms with van der Waals surface area (Å²) in [6.07, 6.45) is 0. The van der Waals surface area contributed by atoms with E-state index in [1.807, 2.05) is 32.0 Å². The standard InChI is InChI=1S/C18H23N3O3/c1-11-4-5-12(2)14(10-11)16-15(13(3)19-18(23)20-16)17(22)21-6-8-24-9-7-21/h4-5,10,15-16H,3,6-9H2,1-2H3,(H2,19,20,23)/t15-,16+/m0/s1. The van der Waals surface area contributed by atoms with E-state index in [9.17, 15) is 9.59 Å². The fourth-order valence-corrected chi connectivity index (χ4v) is 3.31. The smallest absolute Gasteiger partial charge is 0.319 e. The van der Waals surface area contributed by atoms with Crippen molar-refractivity contribution in [3.05, 3.63) is 47.2 Å². The predicted molar refractivity (Wildman–Crippen MR) is 90.4 cm³/mol. The minimum atomic E-state index is -0.527. The zero-order valence-corrected chi connectivity index (χ0v) is 14.1. The Hall–Kier alpha value is -2.34. The quantitative estimate of drug-likeness (QED) is 0.867. The Morgan fingerprint density at radius 2 is 2.00 bits per heavy atom. The summed E-state index contributed by atoms with van der Waals surface area (Å²) in [6.45, 7) is 10.1. The van der Waals surface area contributed by atoms with Gasteiger partial charge in [0.25, 0.3) is 0 Å². The van der Waals surface area contributed by atoms with Gasteiger partial charge >= 0.3 is 6.03 Å². The number of ether oxygens (including phenoxy) is 1. The third-order valence-electron chi connectivity index (χ3n) is 4.63. The van der Waals surface area contributed by atoms with Gasteiger partial charge in [0.1, 0.15) is 5.92 Å². The van der Waals surface area contributed by atoms with Crippen molar-refractivity contribution in [2.75, 3.05) is 26.3 Å². The van der Waals surface area contributed by atoms with Crippen molar-refractivity contribution < 1.29 is 14.3 Å². The molecular weight excluding hydrogens is 306 g/mol. The summed E-state index contributed by atoms with van der Waals surface area (Å²) in [5, 5.41) is 5.57. The van der Waals surface area contributed by atoms with E-state index in [0.29, 0.717) is 32.0 Å². The number of rotatable bonds is 2. The second-order valence-corrected chi connectivity index (χ2v) is 6.38. The SMILES string of the molecule is C=C1NC(=O)N[C@H](c2cc(C)ccc2C)[C@H]1C(=O)N1CCOCC1. The number of nitrogens with one attached hydrogen (secondary N) is 2. The van der Waals surface area contributed by atoms with Gasteiger partial charge in [-0.15, -0.1) is 0 Å². The normalized spacial score (nSPS) is 24.3. The second-order valence-electron chi connectivity index (χ2n) is 6.38. The lowest BCUT2D eigenvalue weighted by molar-refractivity contribution is -0.139. The van der Waals surface area contributed by atoms with Crippen LogP contribution < -0.4 is 10.6 Å². The summed E-state index contributed by atoms with van der Waals surface area (Å²) in [5.41, 5.74) is 3.53. The maximum atomic E-state index is 13.1. The lowest BCUT2D eigenvalue weighted by Crippen LogP contribution is -2.55. The highest BCUT2D eigenvalue weighted by Crippen LogP contribution is 2.33. The van der Waals surface area contributed by atoms with E-state index in [2.05, 4.69) is 17.2 Å². The number of hydrogen-bond donors (Lipinski definition) is 2. The Kier molecular flexibility index (Phi) is 4.57. The van der Waals surface area contributed by atoms with Gasteiger partial charge < -0.3 is 20.3 Å². The molecule has 2 heterocycles. The van der Waals surface area contributed by atoms with E-state index in [0.717, 1.165) is 16.7 Å². The van der Waals surface area contributed by atoms with Crippen LogP contribution in [-0.2, 0) is 9.53 Å². The van der Waals surface area contributed by atoms with Crippen LogP contribution in [0.25, 0.3) is 0 Å². The molecule has 0 aromatic heterocycles. The first-order chi connectivity index (χ1) is 11.5. The third-order valence-corrected chi connectivity index (χ3v) is 4.63. The maximum Gasteiger partial charge on any atom is 0.319 e. The minimum Gasteiger partial charge on any atom is -0.378 e. The largest absolute Gasteiger partial charge is 0.378 e. The summed E-state index contributed by atoms with van der Waals surface area (Å²) in [5.74, 6) is -0.553. The third kappa shape index (κ3) is 3.14. The van der Waals surface area contributed by atoms with Crippen LogP contribution in [0.2, 0.25) is 0 Å². The molecule has 0 saturated carbocycles. The van der Waals surface area contributed by atoms with E-state index in [1.165, 1.54) is 0 Å². The molecular formula is C18H23N3O3. The maximum absolute atomic E-state index is 13.1. The number of benzene rings is 1. The van der Waals surface area contributed by atoms with E-state index >= 15 is 0 Å². The van der Waals surface area contributed by atoms with Gasteiger partial charge in [-0.2, -0.15) is 0 Å². The van der Waals surface area contributed by atoms with Crippen LogP contribution in [0, 0.1) is 19.8 Å². The van der Waals surface area contributed by atoms with Gasteiger partial charge in [0.05, 0.1) is 19.3 Å². The molecule has 2 saturated heterocycles. The Morgan fingerprint density at radius 1 is 1.29 bits per heavy atom. The lowest BCUT2D eigenvalue weighted by atomic mass is 9.85. The first-order valence-corrected chi connectivity index (χ1v) is 8.17. The van der Waals surface area contributed by atoms with Crippen molar-refractivity contribution >= 4 is 11.9 Å². The Labute approximate surface area is 141 Å². The van der Waals surface area contributed by atoms with Crippen molar-refractivity contribution in [1.82, 2.24) is 15.5 Å². The molecule has 6 nitrogen and oxygen atoms in total. The molecule has 128 valence electrons. The van der Waals surface area contributed by atoms with Crippen molar-refractivity contribution in [2.24, 2.45) is 5.92 Å².